The van der Waals surface area contributed by atoms with E-state index in [0.29, 0.717) is 24.4 Å². The van der Waals surface area contributed by atoms with Gasteiger partial charge in [0.2, 0.25) is 10.0 Å². The van der Waals surface area contributed by atoms with Gasteiger partial charge in [0, 0.05) is 19.2 Å². The molecule has 20 heavy (non-hydrogen) atoms. The predicted octanol–water partition coefficient (Wildman–Crippen LogP) is 0.936. The van der Waals surface area contributed by atoms with Crippen molar-refractivity contribution < 1.29 is 12.9 Å². The van der Waals surface area contributed by atoms with Crippen LogP contribution in [0.3, 0.4) is 0 Å². The summed E-state index contributed by atoms with van der Waals surface area (Å²) in [6.07, 6.45) is 4.59. The molecule has 8 heteroatoms. The molecule has 0 fully saturated rings. The lowest BCUT2D eigenvalue weighted by molar-refractivity contribution is 0.418. The highest BCUT2D eigenvalue weighted by molar-refractivity contribution is 7.89. The summed E-state index contributed by atoms with van der Waals surface area (Å²) >= 11 is 0. The number of aromatic nitrogens is 3. The first-order valence-corrected chi connectivity index (χ1v) is 7.78. The Labute approximate surface area is 118 Å². The first kappa shape index (κ1) is 14.7. The average molecular weight is 298 g/mol. The first-order valence-electron chi connectivity index (χ1n) is 6.30. The molecule has 110 valence electrons. The zero-order valence-corrected chi connectivity index (χ0v) is 12.6. The van der Waals surface area contributed by atoms with Crippen LogP contribution in [0.25, 0.3) is 0 Å². The summed E-state index contributed by atoms with van der Waals surface area (Å²) in [5.74, 6) is 0. The minimum atomic E-state index is -3.51. The lowest BCUT2D eigenvalue weighted by Gasteiger charge is -2.06. The van der Waals surface area contributed by atoms with Gasteiger partial charge in [-0.15, -0.1) is 0 Å². The number of aryl methyl sites for hydroxylation is 3. The van der Waals surface area contributed by atoms with Crippen LogP contribution in [0.5, 0.6) is 0 Å². The van der Waals surface area contributed by atoms with Gasteiger partial charge in [-0.05, 0) is 26.7 Å². The van der Waals surface area contributed by atoms with E-state index in [-0.39, 0.29) is 4.90 Å². The van der Waals surface area contributed by atoms with E-state index in [2.05, 4.69) is 15.0 Å². The summed E-state index contributed by atoms with van der Waals surface area (Å²) in [6.45, 7) is 3.80. The van der Waals surface area contributed by atoms with Crippen LogP contribution in [0.1, 0.15) is 23.4 Å². The van der Waals surface area contributed by atoms with Crippen LogP contribution in [0.2, 0.25) is 0 Å². The van der Waals surface area contributed by atoms with E-state index in [1.807, 2.05) is 0 Å². The van der Waals surface area contributed by atoms with Crippen molar-refractivity contribution in [1.82, 2.24) is 19.7 Å². The number of hydrogen-bond donors (Lipinski definition) is 1. The van der Waals surface area contributed by atoms with Crippen LogP contribution >= 0.6 is 0 Å². The predicted molar refractivity (Wildman–Crippen MR) is 72.7 cm³/mol. The quantitative estimate of drug-likeness (QED) is 0.801. The van der Waals surface area contributed by atoms with Crippen molar-refractivity contribution >= 4 is 10.0 Å². The van der Waals surface area contributed by atoms with E-state index in [1.54, 1.807) is 38.0 Å². The molecule has 0 atom stereocenters. The van der Waals surface area contributed by atoms with Crippen molar-refractivity contribution in [3.8, 4) is 0 Å². The van der Waals surface area contributed by atoms with Gasteiger partial charge in [0.05, 0.1) is 17.6 Å². The zero-order chi connectivity index (χ0) is 14.8. The average Bonchev–Trinajstić information content (AvgIpc) is 2.95. The van der Waals surface area contributed by atoms with Gasteiger partial charge in [-0.3, -0.25) is 4.68 Å². The molecule has 2 aromatic rings. The highest BCUT2D eigenvalue weighted by atomic mass is 32.2. The molecule has 0 radical (unpaired) electrons. The van der Waals surface area contributed by atoms with Crippen molar-refractivity contribution in [2.24, 2.45) is 7.05 Å². The Morgan fingerprint density at radius 1 is 1.40 bits per heavy atom. The van der Waals surface area contributed by atoms with E-state index in [9.17, 15) is 8.42 Å². The number of sulfonamides is 1. The third-order valence-corrected chi connectivity index (χ3v) is 4.84. The minimum Gasteiger partial charge on any atom is -0.364 e. The van der Waals surface area contributed by atoms with Gasteiger partial charge < -0.3 is 4.52 Å². The van der Waals surface area contributed by atoms with Crippen LogP contribution < -0.4 is 4.72 Å². The molecule has 0 saturated carbocycles. The van der Waals surface area contributed by atoms with Crippen molar-refractivity contribution in [1.29, 1.82) is 0 Å². The van der Waals surface area contributed by atoms with Crippen molar-refractivity contribution in [3.63, 3.8) is 0 Å². The molecular weight excluding hydrogens is 280 g/mol. The molecule has 0 aliphatic carbocycles. The Morgan fingerprint density at radius 3 is 2.70 bits per heavy atom. The molecular formula is C12H18N4O3S. The van der Waals surface area contributed by atoms with Crippen LogP contribution in [-0.4, -0.2) is 29.9 Å². The third kappa shape index (κ3) is 3.07. The maximum absolute atomic E-state index is 12.3. The number of nitrogens with one attached hydrogen (secondary N) is 1. The van der Waals surface area contributed by atoms with Crippen LogP contribution in [0, 0.1) is 13.8 Å². The molecule has 0 aliphatic rings. The Bertz CT molecular complexity index is 674. The van der Waals surface area contributed by atoms with E-state index in [4.69, 9.17) is 4.52 Å². The number of nitrogens with zero attached hydrogens (tertiary/aromatic N) is 3. The van der Waals surface area contributed by atoms with Crippen molar-refractivity contribution in [2.75, 3.05) is 6.54 Å². The Balaban J connectivity index is 1.97. The van der Waals surface area contributed by atoms with Gasteiger partial charge in [0.15, 0.2) is 0 Å². The standard InChI is InChI=1S/C12H18N4O3S/c1-9-12(10(2)16(3)15-9)20(17,18)14-6-4-5-11-7-13-19-8-11/h7-8,14H,4-6H2,1-3H3. The maximum Gasteiger partial charge on any atom is 0.244 e. The normalized spacial score (nSPS) is 11.9. The smallest absolute Gasteiger partial charge is 0.244 e. The van der Waals surface area contributed by atoms with Gasteiger partial charge in [0.1, 0.15) is 11.2 Å². The molecule has 2 rings (SSSR count). The summed E-state index contributed by atoms with van der Waals surface area (Å²) in [7, 11) is -1.78. The molecule has 0 unspecified atom stereocenters. The third-order valence-electron chi connectivity index (χ3n) is 3.13. The molecule has 0 spiro atoms. The van der Waals surface area contributed by atoms with E-state index in [0.717, 1.165) is 12.0 Å². The maximum atomic E-state index is 12.3. The Kier molecular flexibility index (Phi) is 4.24. The zero-order valence-electron chi connectivity index (χ0n) is 11.8. The number of hydrogen-bond acceptors (Lipinski definition) is 5. The molecule has 0 amide bonds. The number of rotatable bonds is 6. The lowest BCUT2D eigenvalue weighted by atomic mass is 10.2. The first-order chi connectivity index (χ1) is 9.42. The van der Waals surface area contributed by atoms with Gasteiger partial charge in [0.25, 0.3) is 0 Å². The Hall–Kier alpha value is -1.67. The Morgan fingerprint density at radius 2 is 2.15 bits per heavy atom. The van der Waals surface area contributed by atoms with Crippen LogP contribution in [0.4, 0.5) is 0 Å². The topological polar surface area (TPSA) is 90.0 Å². The molecule has 0 saturated heterocycles. The monoisotopic (exact) mass is 298 g/mol. The van der Waals surface area contributed by atoms with Crippen LogP contribution in [0.15, 0.2) is 21.9 Å². The van der Waals surface area contributed by atoms with Gasteiger partial charge in [-0.25, -0.2) is 13.1 Å². The minimum absolute atomic E-state index is 0.268. The molecule has 2 aromatic heterocycles. The highest BCUT2D eigenvalue weighted by Gasteiger charge is 2.22. The molecule has 7 nitrogen and oxygen atoms in total. The molecule has 1 N–H and O–H groups in total. The lowest BCUT2D eigenvalue weighted by Crippen LogP contribution is -2.26. The van der Waals surface area contributed by atoms with Gasteiger partial charge >= 0.3 is 0 Å². The fourth-order valence-electron chi connectivity index (χ4n) is 2.06. The summed E-state index contributed by atoms with van der Waals surface area (Å²) in [4.78, 5) is 0.268. The summed E-state index contributed by atoms with van der Waals surface area (Å²) in [5, 5.41) is 7.72. The van der Waals surface area contributed by atoms with Crippen LogP contribution in [-0.2, 0) is 23.5 Å². The largest absolute Gasteiger partial charge is 0.364 e. The summed E-state index contributed by atoms with van der Waals surface area (Å²) < 4.78 is 33.4. The van der Waals surface area contributed by atoms with E-state index < -0.39 is 10.0 Å². The summed E-state index contributed by atoms with van der Waals surface area (Å²) in [6, 6.07) is 0. The van der Waals surface area contributed by atoms with Crippen molar-refractivity contribution in [2.45, 2.75) is 31.6 Å². The summed E-state index contributed by atoms with van der Waals surface area (Å²) in [5.41, 5.74) is 2.10. The van der Waals surface area contributed by atoms with E-state index >= 15 is 0 Å². The van der Waals surface area contributed by atoms with Crippen molar-refractivity contribution in [3.05, 3.63) is 29.4 Å². The van der Waals surface area contributed by atoms with E-state index in [1.165, 1.54) is 0 Å². The SMILES string of the molecule is Cc1nn(C)c(C)c1S(=O)(=O)NCCCc1cnoc1. The fourth-order valence-corrected chi connectivity index (χ4v) is 3.57. The second-order valence-electron chi connectivity index (χ2n) is 4.66. The highest BCUT2D eigenvalue weighted by Crippen LogP contribution is 2.18. The molecule has 0 bridgehead atoms. The molecule has 0 aliphatic heterocycles. The van der Waals surface area contributed by atoms with Gasteiger partial charge in [-0.2, -0.15) is 5.10 Å². The second kappa shape index (κ2) is 5.76. The molecule has 2 heterocycles. The van der Waals surface area contributed by atoms with Gasteiger partial charge in [-0.1, -0.05) is 5.16 Å². The molecule has 0 aromatic carbocycles. The fraction of sp³-hybridized carbons (Fsp3) is 0.500. The second-order valence-corrected chi connectivity index (χ2v) is 6.36.